The molecule has 0 atom stereocenters. The predicted molar refractivity (Wildman–Crippen MR) is 102 cm³/mol. The molecule has 0 radical (unpaired) electrons. The molecule has 3 aromatic carbocycles. The number of methoxy groups -OCH3 is 2. The fourth-order valence-electron chi connectivity index (χ4n) is 3.23. The smallest absolute Gasteiger partial charge is 0.135 e. The Morgan fingerprint density at radius 2 is 1.59 bits per heavy atom. The highest BCUT2D eigenvalue weighted by Crippen LogP contribution is 2.36. The van der Waals surface area contributed by atoms with Crippen molar-refractivity contribution in [2.75, 3.05) is 14.2 Å². The van der Waals surface area contributed by atoms with Gasteiger partial charge in [-0.3, -0.25) is 0 Å². The van der Waals surface area contributed by atoms with Crippen molar-refractivity contribution in [3.63, 3.8) is 0 Å². The van der Waals surface area contributed by atoms with Crippen molar-refractivity contribution in [3.8, 4) is 33.9 Å². The van der Waals surface area contributed by atoms with Gasteiger partial charge in [0.1, 0.15) is 23.1 Å². The predicted octanol–water partition coefficient (Wildman–Crippen LogP) is 5.80. The van der Waals surface area contributed by atoms with Crippen LogP contribution in [-0.4, -0.2) is 19.2 Å². The van der Waals surface area contributed by atoms with E-state index in [4.69, 9.17) is 9.47 Å². The van der Waals surface area contributed by atoms with E-state index in [2.05, 4.69) is 4.98 Å². The number of hydrogen-bond donors (Lipinski definition) is 1. The number of hydrogen-bond acceptors (Lipinski definition) is 2. The van der Waals surface area contributed by atoms with Gasteiger partial charge in [-0.05, 0) is 48.0 Å². The lowest BCUT2D eigenvalue weighted by Gasteiger charge is -2.10. The first-order valence-electron chi connectivity index (χ1n) is 8.40. The minimum absolute atomic E-state index is 0.0581. The maximum absolute atomic E-state index is 14.1. The Kier molecular flexibility index (Phi) is 4.28. The van der Waals surface area contributed by atoms with E-state index in [-0.39, 0.29) is 5.56 Å². The van der Waals surface area contributed by atoms with E-state index < -0.39 is 11.6 Å². The average molecular weight is 365 g/mol. The maximum atomic E-state index is 14.1. The lowest BCUT2D eigenvalue weighted by Crippen LogP contribution is -1.90. The molecule has 0 saturated heterocycles. The number of H-pyrrole nitrogens is 1. The van der Waals surface area contributed by atoms with E-state index in [9.17, 15) is 8.78 Å². The first-order valence-corrected chi connectivity index (χ1v) is 8.40. The van der Waals surface area contributed by atoms with Crippen molar-refractivity contribution < 1.29 is 18.3 Å². The third-order valence-electron chi connectivity index (χ3n) is 4.57. The van der Waals surface area contributed by atoms with E-state index in [0.717, 1.165) is 22.0 Å². The summed E-state index contributed by atoms with van der Waals surface area (Å²) in [5, 5.41) is 0.850. The van der Waals surface area contributed by atoms with Crippen molar-refractivity contribution in [2.45, 2.75) is 0 Å². The molecule has 1 N–H and O–H groups in total. The van der Waals surface area contributed by atoms with Crippen LogP contribution in [0.4, 0.5) is 8.78 Å². The minimum Gasteiger partial charge on any atom is -0.497 e. The van der Waals surface area contributed by atoms with Gasteiger partial charge >= 0.3 is 0 Å². The lowest BCUT2D eigenvalue weighted by molar-refractivity contribution is 0.395. The zero-order chi connectivity index (χ0) is 19.0. The van der Waals surface area contributed by atoms with Gasteiger partial charge in [-0.25, -0.2) is 8.78 Å². The second kappa shape index (κ2) is 6.76. The molecule has 0 spiro atoms. The molecule has 0 fully saturated rings. The van der Waals surface area contributed by atoms with Gasteiger partial charge in [0.25, 0.3) is 0 Å². The van der Waals surface area contributed by atoms with Gasteiger partial charge in [0.2, 0.25) is 0 Å². The van der Waals surface area contributed by atoms with Gasteiger partial charge in [-0.15, -0.1) is 0 Å². The van der Waals surface area contributed by atoms with E-state index in [1.54, 1.807) is 20.3 Å². The first kappa shape index (κ1) is 17.1. The third kappa shape index (κ3) is 3.01. The molecule has 27 heavy (non-hydrogen) atoms. The molecule has 0 saturated carbocycles. The molecular weight excluding hydrogens is 348 g/mol. The van der Waals surface area contributed by atoms with E-state index in [1.165, 1.54) is 18.2 Å². The highest BCUT2D eigenvalue weighted by molar-refractivity contribution is 5.90. The Morgan fingerprint density at radius 3 is 2.30 bits per heavy atom. The van der Waals surface area contributed by atoms with Gasteiger partial charge in [-0.1, -0.05) is 12.1 Å². The van der Waals surface area contributed by atoms with Gasteiger partial charge in [0.05, 0.1) is 25.5 Å². The molecule has 5 heteroatoms. The monoisotopic (exact) mass is 365 g/mol. The van der Waals surface area contributed by atoms with Crippen molar-refractivity contribution in [1.82, 2.24) is 4.98 Å². The highest BCUT2D eigenvalue weighted by Gasteiger charge is 2.14. The molecule has 0 aliphatic heterocycles. The molecule has 0 amide bonds. The van der Waals surface area contributed by atoms with Gasteiger partial charge in [0.15, 0.2) is 0 Å². The molecule has 1 heterocycles. The van der Waals surface area contributed by atoms with Crippen LogP contribution in [0.15, 0.2) is 60.7 Å². The number of rotatable bonds is 4. The molecule has 0 bridgehead atoms. The Balaban J connectivity index is 1.82. The van der Waals surface area contributed by atoms with Crippen molar-refractivity contribution >= 4 is 10.9 Å². The molecule has 1 aromatic heterocycles. The Morgan fingerprint density at radius 1 is 0.815 bits per heavy atom. The van der Waals surface area contributed by atoms with E-state index >= 15 is 0 Å². The second-order valence-corrected chi connectivity index (χ2v) is 6.15. The first-order chi connectivity index (χ1) is 13.1. The van der Waals surface area contributed by atoms with Crippen LogP contribution >= 0.6 is 0 Å². The van der Waals surface area contributed by atoms with Crippen LogP contribution in [0.5, 0.6) is 11.5 Å². The highest BCUT2D eigenvalue weighted by atomic mass is 19.1. The Labute approximate surface area is 155 Å². The Hall–Kier alpha value is -3.34. The van der Waals surface area contributed by atoms with Crippen LogP contribution in [0, 0.1) is 11.6 Å². The second-order valence-electron chi connectivity index (χ2n) is 6.15. The number of aromatic amines is 1. The number of halogens is 2. The third-order valence-corrected chi connectivity index (χ3v) is 4.57. The number of aromatic nitrogens is 1. The van der Waals surface area contributed by atoms with Crippen LogP contribution in [-0.2, 0) is 0 Å². The number of benzene rings is 3. The molecule has 0 unspecified atom stereocenters. The summed E-state index contributed by atoms with van der Waals surface area (Å²) in [6, 6.07) is 17.0. The van der Waals surface area contributed by atoms with Gasteiger partial charge in [-0.2, -0.15) is 0 Å². The SMILES string of the molecule is COc1ccc(-c2ccc3[nH]c(-c4c(F)cccc4F)cc3c2)c(OC)c1. The van der Waals surface area contributed by atoms with Gasteiger partial charge in [0, 0.05) is 22.5 Å². The summed E-state index contributed by atoms with van der Waals surface area (Å²) in [5.74, 6) is 0.192. The normalized spacial score (nSPS) is 11.0. The van der Waals surface area contributed by atoms with Crippen molar-refractivity contribution in [1.29, 1.82) is 0 Å². The molecule has 3 nitrogen and oxygen atoms in total. The summed E-state index contributed by atoms with van der Waals surface area (Å²) in [6.07, 6.45) is 0. The fourth-order valence-corrected chi connectivity index (χ4v) is 3.23. The standard InChI is InChI=1S/C22H17F2NO2/c1-26-15-7-8-16(21(12-15)27-2)13-6-9-19-14(10-13)11-20(25-19)22-17(23)4-3-5-18(22)24/h3-12,25H,1-2H3. The Bertz CT molecular complexity index is 1110. The minimum atomic E-state index is -0.599. The summed E-state index contributed by atoms with van der Waals surface area (Å²) in [7, 11) is 3.20. The van der Waals surface area contributed by atoms with Crippen LogP contribution in [0.25, 0.3) is 33.3 Å². The van der Waals surface area contributed by atoms with E-state index in [0.29, 0.717) is 17.2 Å². The molecular formula is C22H17F2NO2. The van der Waals surface area contributed by atoms with Crippen LogP contribution in [0.1, 0.15) is 0 Å². The van der Waals surface area contributed by atoms with Crippen LogP contribution < -0.4 is 9.47 Å². The summed E-state index contributed by atoms with van der Waals surface area (Å²) in [4.78, 5) is 3.09. The van der Waals surface area contributed by atoms with Crippen molar-refractivity contribution in [3.05, 3.63) is 72.3 Å². The summed E-state index contributed by atoms with van der Waals surface area (Å²) in [6.45, 7) is 0. The topological polar surface area (TPSA) is 34.2 Å². The number of ether oxygens (including phenoxy) is 2. The molecule has 4 aromatic rings. The molecule has 0 aliphatic rings. The lowest BCUT2D eigenvalue weighted by atomic mass is 10.0. The molecule has 4 rings (SSSR count). The zero-order valence-corrected chi connectivity index (χ0v) is 14.8. The van der Waals surface area contributed by atoms with Crippen molar-refractivity contribution in [2.24, 2.45) is 0 Å². The maximum Gasteiger partial charge on any atom is 0.135 e. The fraction of sp³-hybridized carbons (Fsp3) is 0.0909. The zero-order valence-electron chi connectivity index (χ0n) is 14.8. The largest absolute Gasteiger partial charge is 0.497 e. The average Bonchev–Trinajstić information content (AvgIpc) is 3.09. The quantitative estimate of drug-likeness (QED) is 0.496. The van der Waals surface area contributed by atoms with E-state index in [1.807, 2.05) is 36.4 Å². The number of nitrogens with one attached hydrogen (secondary N) is 1. The molecule has 0 aliphatic carbocycles. The molecule has 136 valence electrons. The number of fused-ring (bicyclic) bond motifs is 1. The van der Waals surface area contributed by atoms with Crippen LogP contribution in [0.2, 0.25) is 0 Å². The summed E-state index contributed by atoms with van der Waals surface area (Å²) >= 11 is 0. The van der Waals surface area contributed by atoms with Gasteiger partial charge < -0.3 is 14.5 Å². The van der Waals surface area contributed by atoms with Crippen LogP contribution in [0.3, 0.4) is 0 Å². The summed E-state index contributed by atoms with van der Waals surface area (Å²) in [5.41, 5.74) is 2.97. The summed E-state index contributed by atoms with van der Waals surface area (Å²) < 4.78 is 38.9.